The molecular formula is C17H17N5O3. The summed E-state index contributed by atoms with van der Waals surface area (Å²) in [5, 5.41) is 13.7. The van der Waals surface area contributed by atoms with Gasteiger partial charge in [-0.05, 0) is 25.1 Å². The van der Waals surface area contributed by atoms with Gasteiger partial charge in [0.1, 0.15) is 17.1 Å². The fraction of sp³-hybridized carbons (Fsp3) is 0.176. The van der Waals surface area contributed by atoms with Crippen LogP contribution in [-0.4, -0.2) is 38.9 Å². The Morgan fingerprint density at radius 1 is 1.12 bits per heavy atom. The number of carbonyl (C=O) groups excluding carboxylic acids is 2. The van der Waals surface area contributed by atoms with E-state index in [1.54, 1.807) is 31.3 Å². The van der Waals surface area contributed by atoms with Crippen molar-refractivity contribution in [3.63, 3.8) is 0 Å². The number of anilines is 1. The maximum atomic E-state index is 11.8. The Labute approximate surface area is 143 Å². The minimum absolute atomic E-state index is 0.131. The first kappa shape index (κ1) is 16.4. The molecule has 0 aliphatic heterocycles. The van der Waals surface area contributed by atoms with Crippen molar-refractivity contribution >= 4 is 17.6 Å². The van der Waals surface area contributed by atoms with Crippen LogP contribution in [0.3, 0.4) is 0 Å². The molecule has 0 unspecified atom stereocenters. The lowest BCUT2D eigenvalue weighted by atomic mass is 10.1. The second kappa shape index (κ2) is 7.00. The predicted molar refractivity (Wildman–Crippen MR) is 91.9 cm³/mol. The number of H-pyrrole nitrogens is 2. The van der Waals surface area contributed by atoms with Crippen molar-refractivity contribution in [3.8, 4) is 22.5 Å². The zero-order valence-electron chi connectivity index (χ0n) is 13.8. The molecule has 8 heteroatoms. The molecule has 0 aliphatic rings. The lowest BCUT2D eigenvalue weighted by Crippen LogP contribution is -2.05. The van der Waals surface area contributed by atoms with Gasteiger partial charge in [-0.2, -0.15) is 15.4 Å². The van der Waals surface area contributed by atoms with Gasteiger partial charge in [0.2, 0.25) is 5.91 Å². The number of rotatable bonds is 5. The molecular weight excluding hydrogens is 322 g/mol. The molecule has 2 heterocycles. The van der Waals surface area contributed by atoms with E-state index in [2.05, 4.69) is 25.7 Å². The number of esters is 1. The summed E-state index contributed by atoms with van der Waals surface area (Å²) in [7, 11) is 0. The zero-order chi connectivity index (χ0) is 17.8. The highest BCUT2D eigenvalue weighted by Gasteiger charge is 2.16. The van der Waals surface area contributed by atoms with Gasteiger partial charge >= 0.3 is 5.97 Å². The molecule has 2 aromatic heterocycles. The predicted octanol–water partition coefficient (Wildman–Crippen LogP) is 2.60. The summed E-state index contributed by atoms with van der Waals surface area (Å²) in [5.74, 6) is -0.549. The van der Waals surface area contributed by atoms with Crippen molar-refractivity contribution in [2.45, 2.75) is 13.8 Å². The fourth-order valence-corrected chi connectivity index (χ4v) is 2.41. The van der Waals surface area contributed by atoms with E-state index in [-0.39, 0.29) is 5.91 Å². The molecule has 0 saturated carbocycles. The number of nitrogens with one attached hydrogen (secondary N) is 3. The molecule has 0 saturated heterocycles. The first-order valence-electron chi connectivity index (χ1n) is 7.73. The number of aromatic amines is 2. The van der Waals surface area contributed by atoms with Crippen molar-refractivity contribution in [1.29, 1.82) is 0 Å². The Kier molecular flexibility index (Phi) is 4.60. The average molecular weight is 339 g/mol. The molecule has 0 radical (unpaired) electrons. The largest absolute Gasteiger partial charge is 0.461 e. The Balaban J connectivity index is 1.88. The summed E-state index contributed by atoms with van der Waals surface area (Å²) in [4.78, 5) is 25.8. The van der Waals surface area contributed by atoms with Crippen LogP contribution < -0.4 is 5.32 Å². The van der Waals surface area contributed by atoms with Gasteiger partial charge in [0.15, 0.2) is 0 Å². The van der Waals surface area contributed by atoms with Crippen LogP contribution in [-0.2, 0) is 9.53 Å². The van der Waals surface area contributed by atoms with E-state index in [1.807, 2.05) is 12.1 Å². The molecule has 128 valence electrons. The van der Waals surface area contributed by atoms with Crippen LogP contribution in [0.1, 0.15) is 24.3 Å². The first-order valence-corrected chi connectivity index (χ1v) is 7.73. The SMILES string of the molecule is CCOC(=O)c1cc(-c2n[nH]nc2-c2ccc(NC(C)=O)cc2)c[nH]1. The van der Waals surface area contributed by atoms with E-state index in [9.17, 15) is 9.59 Å². The average Bonchev–Trinajstić information content (AvgIpc) is 3.24. The normalized spacial score (nSPS) is 10.5. The van der Waals surface area contributed by atoms with Gasteiger partial charge < -0.3 is 15.0 Å². The van der Waals surface area contributed by atoms with Crippen molar-refractivity contribution in [1.82, 2.24) is 20.4 Å². The van der Waals surface area contributed by atoms with E-state index in [0.29, 0.717) is 29.4 Å². The Morgan fingerprint density at radius 2 is 1.80 bits per heavy atom. The summed E-state index contributed by atoms with van der Waals surface area (Å²) in [6, 6.07) is 8.93. The molecule has 8 nitrogen and oxygen atoms in total. The number of benzene rings is 1. The van der Waals surface area contributed by atoms with Gasteiger partial charge in [0, 0.05) is 29.9 Å². The maximum absolute atomic E-state index is 11.8. The third-order valence-electron chi connectivity index (χ3n) is 3.48. The number of amides is 1. The van der Waals surface area contributed by atoms with Crippen molar-refractivity contribution < 1.29 is 14.3 Å². The second-order valence-corrected chi connectivity index (χ2v) is 5.30. The molecule has 0 fully saturated rings. The maximum Gasteiger partial charge on any atom is 0.354 e. The van der Waals surface area contributed by atoms with Gasteiger partial charge in [0.05, 0.1) is 6.61 Å². The molecule has 3 aromatic rings. The summed E-state index contributed by atoms with van der Waals surface area (Å²) in [5.41, 5.74) is 3.86. The van der Waals surface area contributed by atoms with Crippen LogP contribution in [0.15, 0.2) is 36.5 Å². The number of carbonyl (C=O) groups is 2. The first-order chi connectivity index (χ1) is 12.1. The molecule has 0 atom stereocenters. The number of hydrogen-bond acceptors (Lipinski definition) is 5. The van der Waals surface area contributed by atoms with Crippen molar-refractivity contribution in [2.24, 2.45) is 0 Å². The van der Waals surface area contributed by atoms with Crippen LogP contribution in [0.25, 0.3) is 22.5 Å². The van der Waals surface area contributed by atoms with Crippen LogP contribution in [0, 0.1) is 0 Å². The third-order valence-corrected chi connectivity index (χ3v) is 3.48. The summed E-state index contributed by atoms with van der Waals surface area (Å²) < 4.78 is 4.97. The minimum Gasteiger partial charge on any atom is -0.461 e. The molecule has 3 N–H and O–H groups in total. The van der Waals surface area contributed by atoms with E-state index in [1.165, 1.54) is 6.92 Å². The summed E-state index contributed by atoms with van der Waals surface area (Å²) >= 11 is 0. The van der Waals surface area contributed by atoms with Gasteiger partial charge in [-0.3, -0.25) is 4.79 Å². The quantitative estimate of drug-likeness (QED) is 0.618. The van der Waals surface area contributed by atoms with E-state index in [4.69, 9.17) is 4.74 Å². The lowest BCUT2D eigenvalue weighted by Gasteiger charge is -2.03. The van der Waals surface area contributed by atoms with Crippen LogP contribution in [0.4, 0.5) is 5.69 Å². The number of ether oxygens (including phenoxy) is 1. The van der Waals surface area contributed by atoms with Gasteiger partial charge in [-0.1, -0.05) is 12.1 Å². The standard InChI is InChI=1S/C17H17N5O3/c1-3-25-17(24)14-8-12(9-18-14)16-15(20-22-21-16)11-4-6-13(7-5-11)19-10(2)23/h4-9,18H,3H2,1-2H3,(H,19,23)(H,20,21,22). The van der Waals surface area contributed by atoms with Crippen molar-refractivity contribution in [2.75, 3.05) is 11.9 Å². The zero-order valence-corrected chi connectivity index (χ0v) is 13.8. The summed E-state index contributed by atoms with van der Waals surface area (Å²) in [6.07, 6.45) is 1.68. The molecule has 0 spiro atoms. The molecule has 0 bridgehead atoms. The topological polar surface area (TPSA) is 113 Å². The number of aromatic nitrogens is 4. The van der Waals surface area contributed by atoms with Gasteiger partial charge in [0.25, 0.3) is 0 Å². The van der Waals surface area contributed by atoms with E-state index >= 15 is 0 Å². The molecule has 25 heavy (non-hydrogen) atoms. The third kappa shape index (κ3) is 3.57. The monoisotopic (exact) mass is 339 g/mol. The summed E-state index contributed by atoms with van der Waals surface area (Å²) in [6.45, 7) is 3.52. The van der Waals surface area contributed by atoms with Gasteiger partial charge in [-0.25, -0.2) is 4.79 Å². The molecule has 1 amide bonds. The Morgan fingerprint density at radius 3 is 2.44 bits per heavy atom. The fourth-order valence-electron chi connectivity index (χ4n) is 2.41. The number of hydrogen-bond donors (Lipinski definition) is 3. The second-order valence-electron chi connectivity index (χ2n) is 5.30. The van der Waals surface area contributed by atoms with Crippen molar-refractivity contribution in [3.05, 3.63) is 42.2 Å². The van der Waals surface area contributed by atoms with Crippen LogP contribution in [0.5, 0.6) is 0 Å². The van der Waals surface area contributed by atoms with Crippen LogP contribution >= 0.6 is 0 Å². The highest BCUT2D eigenvalue weighted by Crippen LogP contribution is 2.29. The number of nitrogens with zero attached hydrogens (tertiary/aromatic N) is 2. The smallest absolute Gasteiger partial charge is 0.354 e. The molecule has 0 aliphatic carbocycles. The molecule has 1 aromatic carbocycles. The highest BCUT2D eigenvalue weighted by molar-refractivity contribution is 5.91. The van der Waals surface area contributed by atoms with Crippen LogP contribution in [0.2, 0.25) is 0 Å². The lowest BCUT2D eigenvalue weighted by molar-refractivity contribution is -0.114. The minimum atomic E-state index is -0.418. The Bertz CT molecular complexity index is 895. The Hall–Kier alpha value is -3.42. The molecule has 3 rings (SSSR count). The van der Waals surface area contributed by atoms with E-state index < -0.39 is 5.97 Å². The van der Waals surface area contributed by atoms with E-state index in [0.717, 1.165) is 11.1 Å². The van der Waals surface area contributed by atoms with Gasteiger partial charge in [-0.15, -0.1) is 0 Å². The highest BCUT2D eigenvalue weighted by atomic mass is 16.5.